The van der Waals surface area contributed by atoms with Crippen LogP contribution in [0.5, 0.6) is 5.75 Å². The fourth-order valence-electron chi connectivity index (χ4n) is 4.57. The van der Waals surface area contributed by atoms with Crippen molar-refractivity contribution in [1.82, 2.24) is 4.90 Å². The van der Waals surface area contributed by atoms with Crippen LogP contribution in [0.15, 0.2) is 30.3 Å². The molecule has 0 amide bonds. The lowest BCUT2D eigenvalue weighted by Crippen LogP contribution is -2.30. The van der Waals surface area contributed by atoms with Crippen molar-refractivity contribution >= 4 is 34.6 Å². The number of nitrogens with zero attached hydrogens (tertiary/aromatic N) is 1. The van der Waals surface area contributed by atoms with Crippen molar-refractivity contribution in [1.29, 1.82) is 5.41 Å². The molecule has 8 heteroatoms. The van der Waals surface area contributed by atoms with Crippen LogP contribution in [0.2, 0.25) is 0 Å². The third-order valence-electron chi connectivity index (χ3n) is 6.60. The molecule has 2 aromatic rings. The molecule has 0 saturated heterocycles. The normalized spacial score (nSPS) is 14.2. The van der Waals surface area contributed by atoms with E-state index in [9.17, 15) is 14.7 Å². The summed E-state index contributed by atoms with van der Waals surface area (Å²) in [5.41, 5.74) is 3.80. The zero-order chi connectivity index (χ0) is 27.0. The molecule has 0 spiro atoms. The lowest BCUT2D eigenvalue weighted by atomic mass is 9.78. The second-order valence-electron chi connectivity index (χ2n) is 11.6. The number of ether oxygens (including phenoxy) is 1. The maximum Gasteiger partial charge on any atom is 0.329 e. The number of aromatic hydroxyl groups is 1. The van der Waals surface area contributed by atoms with Crippen LogP contribution in [0, 0.1) is 5.41 Å². The molecule has 2 aromatic carbocycles. The summed E-state index contributed by atoms with van der Waals surface area (Å²) in [6, 6.07) is 9.26. The number of nitrogens with one attached hydrogen (secondary N) is 1. The lowest BCUT2D eigenvalue weighted by Gasteiger charge is -2.28. The Morgan fingerprint density at radius 1 is 1.05 bits per heavy atom. The summed E-state index contributed by atoms with van der Waals surface area (Å²) in [5.74, 6) is -0.638. The number of carboxylic acid groups (broad SMARTS) is 1. The number of carbonyl (C=O) groups is 2. The predicted octanol–water partition coefficient (Wildman–Crippen LogP) is 6.14. The largest absolute Gasteiger partial charge is 0.507 e. The Hall–Kier alpha value is -2.71. The molecule has 1 aliphatic rings. The Balaban J connectivity index is 0.00000481. The van der Waals surface area contributed by atoms with Gasteiger partial charge in [0.25, 0.3) is 0 Å². The zero-order valence-corrected chi connectivity index (χ0v) is 24.5. The monoisotopic (exact) mass is 574 g/mol. The van der Waals surface area contributed by atoms with Gasteiger partial charge < -0.3 is 19.8 Å². The molecule has 202 valence electrons. The second-order valence-corrected chi connectivity index (χ2v) is 11.6. The summed E-state index contributed by atoms with van der Waals surface area (Å²) < 4.78 is 5.51. The third-order valence-corrected chi connectivity index (χ3v) is 6.60. The molecule has 1 heterocycles. The molecule has 1 unspecified atom stereocenters. The molecular formula is C29H39BrN2O5. The standard InChI is InChI=1S/C29H38N2O5.BrH/c1-8-24(36-16-25(33)34)17-9-10-18-14-31(27(30)20(18)11-17)15-23(32)19-12-21(28(2,3)4)26(35)22(13-19)29(5,6)7;/h9-13,24,30,35H,8,14-16H2,1-7H3,(H,33,34);1H. The van der Waals surface area contributed by atoms with Crippen LogP contribution < -0.4 is 0 Å². The van der Waals surface area contributed by atoms with Crippen LogP contribution >= 0.6 is 17.0 Å². The minimum Gasteiger partial charge on any atom is -0.507 e. The van der Waals surface area contributed by atoms with Gasteiger partial charge in [-0.1, -0.05) is 60.6 Å². The quantitative estimate of drug-likeness (QED) is 0.326. The zero-order valence-electron chi connectivity index (χ0n) is 22.8. The van der Waals surface area contributed by atoms with E-state index in [0.717, 1.165) is 27.8 Å². The second kappa shape index (κ2) is 11.4. The predicted molar refractivity (Wildman–Crippen MR) is 150 cm³/mol. The molecule has 37 heavy (non-hydrogen) atoms. The summed E-state index contributed by atoms with van der Waals surface area (Å²) >= 11 is 0. The van der Waals surface area contributed by atoms with Crippen molar-refractivity contribution in [2.75, 3.05) is 13.2 Å². The Morgan fingerprint density at radius 2 is 1.62 bits per heavy atom. The number of phenolic OH excluding ortho intramolecular Hbond substituents is 1. The third kappa shape index (κ3) is 6.79. The molecule has 0 saturated carbocycles. The van der Waals surface area contributed by atoms with Gasteiger partial charge in [0.05, 0.1) is 12.6 Å². The first-order valence-corrected chi connectivity index (χ1v) is 12.3. The van der Waals surface area contributed by atoms with Crippen LogP contribution in [-0.2, 0) is 26.9 Å². The summed E-state index contributed by atoms with van der Waals surface area (Å²) in [6.07, 6.45) is 0.229. The van der Waals surface area contributed by atoms with Crippen molar-refractivity contribution in [2.45, 2.75) is 78.4 Å². The molecular weight excluding hydrogens is 536 g/mol. The minimum absolute atomic E-state index is 0. The van der Waals surface area contributed by atoms with E-state index in [1.165, 1.54) is 0 Å². The van der Waals surface area contributed by atoms with E-state index in [2.05, 4.69) is 0 Å². The van der Waals surface area contributed by atoms with Crippen LogP contribution in [0.1, 0.15) is 99.2 Å². The van der Waals surface area contributed by atoms with E-state index >= 15 is 0 Å². The maximum absolute atomic E-state index is 13.4. The first-order valence-electron chi connectivity index (χ1n) is 12.3. The molecule has 0 aliphatic carbocycles. The van der Waals surface area contributed by atoms with Gasteiger partial charge in [0.15, 0.2) is 5.78 Å². The van der Waals surface area contributed by atoms with Crippen LogP contribution in [0.4, 0.5) is 0 Å². The van der Waals surface area contributed by atoms with E-state index in [1.807, 2.05) is 66.7 Å². The Kier molecular flexibility index (Phi) is 9.36. The number of carboxylic acids is 1. The van der Waals surface area contributed by atoms with E-state index in [1.54, 1.807) is 17.0 Å². The van der Waals surface area contributed by atoms with Crippen LogP contribution in [0.3, 0.4) is 0 Å². The molecule has 0 aromatic heterocycles. The molecule has 0 radical (unpaired) electrons. The van der Waals surface area contributed by atoms with E-state index in [-0.39, 0.29) is 64.4 Å². The number of benzene rings is 2. The fourth-order valence-corrected chi connectivity index (χ4v) is 4.57. The lowest BCUT2D eigenvalue weighted by molar-refractivity contribution is -0.144. The average Bonchev–Trinajstić information content (AvgIpc) is 3.07. The van der Waals surface area contributed by atoms with Crippen LogP contribution in [0.25, 0.3) is 0 Å². The maximum atomic E-state index is 13.4. The number of hydrogen-bond donors (Lipinski definition) is 3. The van der Waals surface area contributed by atoms with Crippen molar-refractivity contribution in [3.63, 3.8) is 0 Å². The number of aliphatic carboxylic acids is 1. The van der Waals surface area contributed by atoms with Gasteiger partial charge >= 0.3 is 5.97 Å². The van der Waals surface area contributed by atoms with Crippen molar-refractivity contribution in [3.8, 4) is 5.75 Å². The number of rotatable bonds is 8. The van der Waals surface area contributed by atoms with Crippen molar-refractivity contribution in [2.24, 2.45) is 0 Å². The molecule has 3 N–H and O–H groups in total. The summed E-state index contributed by atoms with van der Waals surface area (Å²) in [7, 11) is 0. The molecule has 1 atom stereocenters. The number of halogens is 1. The average molecular weight is 576 g/mol. The van der Waals surface area contributed by atoms with Gasteiger partial charge in [-0.3, -0.25) is 10.2 Å². The van der Waals surface area contributed by atoms with E-state index < -0.39 is 5.97 Å². The van der Waals surface area contributed by atoms with Gasteiger partial charge in [-0.25, -0.2) is 4.79 Å². The number of Topliss-reactive ketones (excluding diaryl/α,β-unsaturated/α-hetero) is 1. The fraction of sp³-hybridized carbons (Fsp3) is 0.483. The SMILES string of the molecule is Br.CCC(OCC(=O)O)c1ccc2c(c1)C(=N)N(CC(=O)c1cc(C(C)(C)C)c(O)c(C(C)(C)C)c1)C2. The van der Waals surface area contributed by atoms with Crippen molar-refractivity contribution < 1.29 is 24.5 Å². The van der Waals surface area contributed by atoms with Gasteiger partial charge in [-0.05, 0) is 46.6 Å². The summed E-state index contributed by atoms with van der Waals surface area (Å²) in [4.78, 5) is 26.1. The smallest absolute Gasteiger partial charge is 0.329 e. The first-order chi connectivity index (χ1) is 16.6. The molecule has 1 aliphatic heterocycles. The Bertz CT molecular complexity index is 1160. The highest BCUT2D eigenvalue weighted by Gasteiger charge is 2.30. The van der Waals surface area contributed by atoms with Crippen LogP contribution in [-0.4, -0.2) is 45.9 Å². The number of carbonyl (C=O) groups excluding carboxylic acids is 1. The highest BCUT2D eigenvalue weighted by Crippen LogP contribution is 2.40. The van der Waals surface area contributed by atoms with Gasteiger partial charge in [0.2, 0.25) is 0 Å². The van der Waals surface area contributed by atoms with E-state index in [4.69, 9.17) is 15.3 Å². The van der Waals surface area contributed by atoms with E-state index in [0.29, 0.717) is 18.5 Å². The summed E-state index contributed by atoms with van der Waals surface area (Å²) in [5, 5.41) is 28.6. The Labute approximate surface area is 230 Å². The minimum atomic E-state index is -1.02. The topological polar surface area (TPSA) is 111 Å². The Morgan fingerprint density at radius 3 is 2.11 bits per heavy atom. The highest BCUT2D eigenvalue weighted by atomic mass is 79.9. The number of phenols is 1. The van der Waals surface area contributed by atoms with Gasteiger partial charge in [0.1, 0.15) is 18.2 Å². The first kappa shape index (κ1) is 30.5. The number of fused-ring (bicyclic) bond motifs is 1. The van der Waals surface area contributed by atoms with Crippen molar-refractivity contribution in [3.05, 3.63) is 63.7 Å². The number of hydrogen-bond acceptors (Lipinski definition) is 5. The summed E-state index contributed by atoms with van der Waals surface area (Å²) in [6.45, 7) is 14.1. The molecule has 0 fully saturated rings. The van der Waals surface area contributed by atoms with Gasteiger partial charge in [-0.15, -0.1) is 17.0 Å². The molecule has 7 nitrogen and oxygen atoms in total. The van der Waals surface area contributed by atoms with Gasteiger partial charge in [0, 0.05) is 28.8 Å². The molecule has 3 rings (SSSR count). The van der Waals surface area contributed by atoms with Gasteiger partial charge in [-0.2, -0.15) is 0 Å². The molecule has 0 bridgehead atoms. The highest BCUT2D eigenvalue weighted by molar-refractivity contribution is 8.93. The number of ketones is 1. The number of amidine groups is 1.